The van der Waals surface area contributed by atoms with Crippen LogP contribution in [0, 0.1) is 23.5 Å². The van der Waals surface area contributed by atoms with Crippen molar-refractivity contribution in [2.75, 3.05) is 20.3 Å². The topological polar surface area (TPSA) is 65.0 Å². The van der Waals surface area contributed by atoms with Gasteiger partial charge in [0.25, 0.3) is 0 Å². The van der Waals surface area contributed by atoms with Crippen LogP contribution < -0.4 is 4.74 Å². The largest absolute Gasteiger partial charge is 0.491 e. The quantitative estimate of drug-likeness (QED) is 0.230. The fraction of sp³-hybridized carbons (Fsp3) is 0.433. The third kappa shape index (κ3) is 6.65. The van der Waals surface area contributed by atoms with Crippen molar-refractivity contribution in [2.45, 2.75) is 49.7 Å². The van der Waals surface area contributed by atoms with E-state index in [2.05, 4.69) is 12.2 Å². The fourth-order valence-electron chi connectivity index (χ4n) is 5.56. The zero-order chi connectivity index (χ0) is 26.3. The van der Waals surface area contributed by atoms with E-state index < -0.39 is 6.10 Å². The van der Waals surface area contributed by atoms with Crippen LogP contribution in [-0.2, 0) is 19.7 Å². The molecule has 0 spiro atoms. The number of fused-ring (bicyclic) bond motifs is 2. The Morgan fingerprint density at radius 3 is 2.54 bits per heavy atom. The summed E-state index contributed by atoms with van der Waals surface area (Å²) in [7, 11) is 1.39. The number of aliphatic hydroxyl groups excluding tert-OH is 1. The monoisotopic (exact) mass is 512 g/mol. The zero-order valence-electron chi connectivity index (χ0n) is 21.0. The molecule has 1 N–H and O–H groups in total. The lowest BCUT2D eigenvalue weighted by Crippen LogP contribution is -2.39. The van der Waals surface area contributed by atoms with Crippen LogP contribution in [0.5, 0.6) is 5.75 Å². The Labute approximate surface area is 216 Å². The van der Waals surface area contributed by atoms with E-state index in [0.717, 1.165) is 31.2 Å². The van der Waals surface area contributed by atoms with Crippen molar-refractivity contribution in [3.63, 3.8) is 0 Å². The third-order valence-electron chi connectivity index (χ3n) is 7.47. The lowest BCUT2D eigenvalue weighted by atomic mass is 9.69. The van der Waals surface area contributed by atoms with Crippen LogP contribution in [0.3, 0.4) is 0 Å². The van der Waals surface area contributed by atoms with Gasteiger partial charge in [-0.1, -0.05) is 36.4 Å². The van der Waals surface area contributed by atoms with Crippen LogP contribution in [-0.4, -0.2) is 43.6 Å². The lowest BCUT2D eigenvalue weighted by Gasteiger charge is -2.38. The fourth-order valence-corrected chi connectivity index (χ4v) is 5.56. The van der Waals surface area contributed by atoms with Crippen LogP contribution in [0.4, 0.5) is 8.78 Å². The Morgan fingerprint density at radius 2 is 1.84 bits per heavy atom. The van der Waals surface area contributed by atoms with Crippen LogP contribution in [0.15, 0.2) is 72.8 Å². The van der Waals surface area contributed by atoms with Crippen molar-refractivity contribution in [1.82, 2.24) is 0 Å². The molecule has 1 aliphatic carbocycles. The van der Waals surface area contributed by atoms with E-state index in [9.17, 15) is 18.7 Å². The molecule has 7 heteroatoms. The molecule has 1 aliphatic heterocycles. The summed E-state index contributed by atoms with van der Waals surface area (Å²) in [6, 6.07) is 12.4. The van der Waals surface area contributed by atoms with Crippen molar-refractivity contribution in [3.8, 4) is 5.75 Å². The Balaban J connectivity index is 1.44. The maximum absolute atomic E-state index is 13.7. The number of rotatable bonds is 12. The van der Waals surface area contributed by atoms with E-state index >= 15 is 0 Å². The summed E-state index contributed by atoms with van der Waals surface area (Å²) in [5.74, 6) is -0.0585. The molecule has 2 aliphatic rings. The number of hydrogen-bond acceptors (Lipinski definition) is 5. The molecule has 0 unspecified atom stereocenters. The zero-order valence-corrected chi connectivity index (χ0v) is 21.0. The number of esters is 1. The predicted molar refractivity (Wildman–Crippen MR) is 136 cm³/mol. The standard InChI is InChI=1S/C30H34F2O5/c1-35-29(34)7-5-3-2-4-6-27-26(17-14-24(33)19-36-25-15-12-23(32)13-16-25)28-18-30(27,20-37-28)21-8-10-22(31)11-9-21/h2,4,8-17,24,26-28,33H,3,5-7,18-20H2,1H3/b4-2-,17-14+/t24-,26-,27-,28-,30-/m1/s1. The molecule has 5 nitrogen and oxygen atoms in total. The van der Waals surface area contributed by atoms with Crippen molar-refractivity contribution in [2.24, 2.45) is 11.8 Å². The number of halogens is 2. The van der Waals surface area contributed by atoms with Gasteiger partial charge in [-0.25, -0.2) is 8.78 Å². The summed E-state index contributed by atoms with van der Waals surface area (Å²) >= 11 is 0. The number of benzene rings is 2. The first kappa shape index (κ1) is 27.0. The summed E-state index contributed by atoms with van der Waals surface area (Å²) in [6.07, 6.45) is 10.7. The minimum atomic E-state index is -0.833. The van der Waals surface area contributed by atoms with Gasteiger partial charge in [0.15, 0.2) is 0 Å². The van der Waals surface area contributed by atoms with E-state index in [1.807, 2.05) is 18.2 Å². The number of aliphatic hydroxyl groups is 1. The number of unbranched alkanes of at least 4 members (excludes halogenated alkanes) is 1. The molecular weight excluding hydrogens is 478 g/mol. The molecule has 1 heterocycles. The minimum Gasteiger partial charge on any atom is -0.491 e. The highest BCUT2D eigenvalue weighted by atomic mass is 19.1. The highest BCUT2D eigenvalue weighted by molar-refractivity contribution is 5.69. The summed E-state index contributed by atoms with van der Waals surface area (Å²) in [5.41, 5.74) is 0.829. The number of methoxy groups -OCH3 is 1. The van der Waals surface area contributed by atoms with Crippen molar-refractivity contribution >= 4 is 5.97 Å². The number of allylic oxidation sites excluding steroid dienone is 2. The van der Waals surface area contributed by atoms with Crippen molar-refractivity contribution in [1.29, 1.82) is 0 Å². The smallest absolute Gasteiger partial charge is 0.305 e. The van der Waals surface area contributed by atoms with Crippen LogP contribution >= 0.6 is 0 Å². The van der Waals surface area contributed by atoms with Gasteiger partial charge in [0.05, 0.1) is 19.8 Å². The van der Waals surface area contributed by atoms with Gasteiger partial charge in [-0.15, -0.1) is 0 Å². The minimum absolute atomic E-state index is 0.00393. The summed E-state index contributed by atoms with van der Waals surface area (Å²) in [5, 5.41) is 10.5. The van der Waals surface area contributed by atoms with Gasteiger partial charge >= 0.3 is 5.97 Å². The molecule has 2 fully saturated rings. The Bertz CT molecular complexity index is 1080. The van der Waals surface area contributed by atoms with E-state index in [-0.39, 0.29) is 47.6 Å². The van der Waals surface area contributed by atoms with Crippen LogP contribution in [0.1, 0.15) is 37.7 Å². The molecule has 5 atom stereocenters. The summed E-state index contributed by atoms with van der Waals surface area (Å²) in [4.78, 5) is 11.3. The van der Waals surface area contributed by atoms with Crippen molar-refractivity contribution < 1.29 is 32.9 Å². The average Bonchev–Trinajstić information content (AvgIpc) is 3.47. The van der Waals surface area contributed by atoms with Gasteiger partial charge in [0.1, 0.15) is 30.1 Å². The lowest BCUT2D eigenvalue weighted by molar-refractivity contribution is -0.140. The maximum Gasteiger partial charge on any atom is 0.305 e. The van der Waals surface area contributed by atoms with Gasteiger partial charge in [0.2, 0.25) is 0 Å². The third-order valence-corrected chi connectivity index (χ3v) is 7.47. The van der Waals surface area contributed by atoms with Crippen LogP contribution in [0.25, 0.3) is 0 Å². The average molecular weight is 513 g/mol. The molecule has 1 saturated carbocycles. The Kier molecular flexibility index (Phi) is 9.11. The first-order valence-electron chi connectivity index (χ1n) is 12.8. The van der Waals surface area contributed by atoms with E-state index in [4.69, 9.17) is 14.2 Å². The normalized spacial score (nSPS) is 25.7. The molecule has 37 heavy (non-hydrogen) atoms. The molecule has 2 aromatic rings. The van der Waals surface area contributed by atoms with E-state index in [1.165, 1.54) is 43.5 Å². The number of carbonyl (C=O) groups is 1. The van der Waals surface area contributed by atoms with Gasteiger partial charge in [-0.2, -0.15) is 0 Å². The number of ether oxygens (including phenoxy) is 3. The molecule has 0 radical (unpaired) electrons. The molecule has 2 bridgehead atoms. The van der Waals surface area contributed by atoms with E-state index in [0.29, 0.717) is 18.8 Å². The molecule has 0 aromatic heterocycles. The molecule has 198 valence electrons. The molecule has 2 aromatic carbocycles. The second-order valence-corrected chi connectivity index (χ2v) is 9.79. The maximum atomic E-state index is 13.7. The molecule has 0 amide bonds. The second-order valence-electron chi connectivity index (χ2n) is 9.79. The van der Waals surface area contributed by atoms with Gasteiger partial charge in [-0.05, 0) is 73.6 Å². The summed E-state index contributed by atoms with van der Waals surface area (Å²) < 4.78 is 43.2. The molecule has 4 rings (SSSR count). The number of hydrogen-bond donors (Lipinski definition) is 1. The first-order chi connectivity index (χ1) is 17.9. The number of carbonyl (C=O) groups excluding carboxylic acids is 1. The molecule has 1 saturated heterocycles. The van der Waals surface area contributed by atoms with Gasteiger partial charge in [0, 0.05) is 17.8 Å². The SMILES string of the molecule is COC(=O)CCC/C=C\C[C@@H]1[C@@H](/C=C/[C@@H](O)COc2ccc(F)cc2)[C@H]2C[C@]1(c1ccc(F)cc1)CO2. The Hall–Kier alpha value is -3.03. The van der Waals surface area contributed by atoms with Gasteiger partial charge in [-0.3, -0.25) is 4.79 Å². The summed E-state index contributed by atoms with van der Waals surface area (Å²) in [6.45, 7) is 0.624. The molecular formula is C30H34F2O5. The second kappa shape index (κ2) is 12.5. The highest BCUT2D eigenvalue weighted by Gasteiger charge is 2.58. The predicted octanol–water partition coefficient (Wildman–Crippen LogP) is 5.52. The first-order valence-corrected chi connectivity index (χ1v) is 12.8. The highest BCUT2D eigenvalue weighted by Crippen LogP contribution is 2.57. The van der Waals surface area contributed by atoms with Gasteiger partial charge < -0.3 is 19.3 Å². The van der Waals surface area contributed by atoms with E-state index in [1.54, 1.807) is 6.08 Å². The van der Waals surface area contributed by atoms with Crippen LogP contribution in [0.2, 0.25) is 0 Å². The Morgan fingerprint density at radius 1 is 1.14 bits per heavy atom. The van der Waals surface area contributed by atoms with Crippen molar-refractivity contribution in [3.05, 3.63) is 90.0 Å².